The minimum absolute atomic E-state index is 0.606. The van der Waals surface area contributed by atoms with Crippen LogP contribution in [0.5, 0.6) is 0 Å². The quantitative estimate of drug-likeness (QED) is 0.758. The van der Waals surface area contributed by atoms with E-state index in [0.717, 1.165) is 24.9 Å². The van der Waals surface area contributed by atoms with Crippen molar-refractivity contribution in [1.29, 1.82) is 0 Å². The van der Waals surface area contributed by atoms with Crippen molar-refractivity contribution in [2.24, 2.45) is 10.7 Å². The van der Waals surface area contributed by atoms with Crippen LogP contribution in [0.2, 0.25) is 0 Å². The van der Waals surface area contributed by atoms with Gasteiger partial charge in [-0.25, -0.2) is 0 Å². The molecule has 0 aliphatic carbocycles. The second-order valence-corrected chi connectivity index (χ2v) is 5.84. The van der Waals surface area contributed by atoms with E-state index in [1.165, 1.54) is 28.0 Å². The Morgan fingerprint density at radius 1 is 1.00 bits per heavy atom. The Labute approximate surface area is 134 Å². The average molecular weight is 294 g/mol. The van der Waals surface area contributed by atoms with E-state index >= 15 is 0 Å². The second kappa shape index (κ2) is 7.90. The number of aliphatic imine (C=N–C) groups is 1. The number of nitrogens with two attached hydrogens (primary N) is 1. The molecular formula is C20H26N2. The number of nitrogens with zero attached hydrogens (tertiary/aromatic N) is 1. The molecule has 2 rings (SSSR count). The third-order valence-corrected chi connectivity index (χ3v) is 4.00. The highest BCUT2D eigenvalue weighted by molar-refractivity contribution is 5.87. The maximum absolute atomic E-state index is 5.64. The van der Waals surface area contributed by atoms with E-state index in [1.54, 1.807) is 0 Å². The summed E-state index contributed by atoms with van der Waals surface area (Å²) in [6, 6.07) is 15.0. The lowest BCUT2D eigenvalue weighted by Crippen LogP contribution is -2.00. The van der Waals surface area contributed by atoms with Crippen molar-refractivity contribution in [1.82, 2.24) is 0 Å². The highest BCUT2D eigenvalue weighted by Gasteiger charge is 2.02. The first kappa shape index (κ1) is 16.4. The standard InChI is InChI=1S/C20H26N2/c1-4-19(22-20-12-5-15(2)13-16(20)3)11-10-17-6-8-18(14-21)9-7-17/h5-9,12-13H,4,10-11,14,21H2,1-3H3. The van der Waals surface area contributed by atoms with E-state index in [-0.39, 0.29) is 0 Å². The summed E-state index contributed by atoms with van der Waals surface area (Å²) >= 11 is 0. The number of aryl methyl sites for hydroxylation is 3. The van der Waals surface area contributed by atoms with Gasteiger partial charge in [-0.15, -0.1) is 0 Å². The molecule has 0 saturated carbocycles. The van der Waals surface area contributed by atoms with Gasteiger partial charge in [0.2, 0.25) is 0 Å². The highest BCUT2D eigenvalue weighted by atomic mass is 14.7. The van der Waals surface area contributed by atoms with Crippen molar-refractivity contribution in [3.8, 4) is 0 Å². The topological polar surface area (TPSA) is 38.4 Å². The molecular weight excluding hydrogens is 268 g/mol. The summed E-state index contributed by atoms with van der Waals surface area (Å²) in [5, 5.41) is 0. The molecule has 0 heterocycles. The van der Waals surface area contributed by atoms with Crippen molar-refractivity contribution in [2.45, 2.75) is 46.6 Å². The summed E-state index contributed by atoms with van der Waals surface area (Å²) in [5.41, 5.74) is 13.1. The van der Waals surface area contributed by atoms with Gasteiger partial charge in [0.05, 0.1) is 5.69 Å². The van der Waals surface area contributed by atoms with Crippen molar-refractivity contribution in [3.63, 3.8) is 0 Å². The Kier molecular flexibility index (Phi) is 5.91. The van der Waals surface area contributed by atoms with E-state index in [2.05, 4.69) is 63.2 Å². The lowest BCUT2D eigenvalue weighted by Gasteiger charge is -2.07. The summed E-state index contributed by atoms with van der Waals surface area (Å²) in [7, 11) is 0. The molecule has 0 amide bonds. The van der Waals surface area contributed by atoms with Crippen LogP contribution in [0.25, 0.3) is 0 Å². The fourth-order valence-corrected chi connectivity index (χ4v) is 2.54. The molecule has 2 aromatic rings. The molecule has 0 spiro atoms. The highest BCUT2D eigenvalue weighted by Crippen LogP contribution is 2.21. The number of hydrogen-bond donors (Lipinski definition) is 1. The molecule has 2 heteroatoms. The Hall–Kier alpha value is -1.93. The monoisotopic (exact) mass is 294 g/mol. The van der Waals surface area contributed by atoms with Crippen LogP contribution < -0.4 is 5.73 Å². The summed E-state index contributed by atoms with van der Waals surface area (Å²) in [6.45, 7) is 7.03. The minimum Gasteiger partial charge on any atom is -0.326 e. The summed E-state index contributed by atoms with van der Waals surface area (Å²) in [5.74, 6) is 0. The van der Waals surface area contributed by atoms with Crippen LogP contribution in [-0.2, 0) is 13.0 Å². The van der Waals surface area contributed by atoms with Gasteiger partial charge in [0.15, 0.2) is 0 Å². The van der Waals surface area contributed by atoms with Gasteiger partial charge in [0.1, 0.15) is 0 Å². The van der Waals surface area contributed by atoms with Crippen LogP contribution in [0.4, 0.5) is 5.69 Å². The molecule has 0 bridgehead atoms. The Balaban J connectivity index is 2.06. The summed E-state index contributed by atoms with van der Waals surface area (Å²) < 4.78 is 0. The molecule has 2 N–H and O–H groups in total. The van der Waals surface area contributed by atoms with Crippen molar-refractivity contribution in [2.75, 3.05) is 0 Å². The second-order valence-electron chi connectivity index (χ2n) is 5.84. The average Bonchev–Trinajstić information content (AvgIpc) is 2.54. The third-order valence-electron chi connectivity index (χ3n) is 4.00. The maximum Gasteiger partial charge on any atom is 0.0658 e. The summed E-state index contributed by atoms with van der Waals surface area (Å²) in [6.07, 6.45) is 3.03. The van der Waals surface area contributed by atoms with E-state index in [1.807, 2.05) is 0 Å². The molecule has 0 atom stereocenters. The van der Waals surface area contributed by atoms with Gasteiger partial charge in [-0.05, 0) is 55.9 Å². The number of benzene rings is 2. The predicted octanol–water partition coefficient (Wildman–Crippen LogP) is 4.88. The first-order valence-corrected chi connectivity index (χ1v) is 8.04. The molecule has 0 aliphatic rings. The van der Waals surface area contributed by atoms with Crippen LogP contribution in [0, 0.1) is 13.8 Å². The van der Waals surface area contributed by atoms with Crippen LogP contribution in [0.15, 0.2) is 47.5 Å². The largest absolute Gasteiger partial charge is 0.326 e. The Morgan fingerprint density at radius 3 is 2.27 bits per heavy atom. The summed E-state index contributed by atoms with van der Waals surface area (Å²) in [4.78, 5) is 4.86. The molecule has 22 heavy (non-hydrogen) atoms. The van der Waals surface area contributed by atoms with Gasteiger partial charge in [-0.3, -0.25) is 4.99 Å². The van der Waals surface area contributed by atoms with Gasteiger partial charge in [-0.1, -0.05) is 48.9 Å². The van der Waals surface area contributed by atoms with Gasteiger partial charge in [-0.2, -0.15) is 0 Å². The molecule has 0 aromatic heterocycles. The van der Waals surface area contributed by atoms with Crippen LogP contribution in [-0.4, -0.2) is 5.71 Å². The number of rotatable bonds is 6. The zero-order chi connectivity index (χ0) is 15.9. The fourth-order valence-electron chi connectivity index (χ4n) is 2.54. The van der Waals surface area contributed by atoms with E-state index < -0.39 is 0 Å². The predicted molar refractivity (Wildman–Crippen MR) is 96.0 cm³/mol. The van der Waals surface area contributed by atoms with Crippen LogP contribution >= 0.6 is 0 Å². The Bertz CT molecular complexity index is 639. The first-order valence-electron chi connectivity index (χ1n) is 8.04. The van der Waals surface area contributed by atoms with Crippen molar-refractivity contribution < 1.29 is 0 Å². The van der Waals surface area contributed by atoms with Gasteiger partial charge in [0.25, 0.3) is 0 Å². The van der Waals surface area contributed by atoms with Gasteiger partial charge >= 0.3 is 0 Å². The lowest BCUT2D eigenvalue weighted by molar-refractivity contribution is 0.995. The zero-order valence-corrected chi connectivity index (χ0v) is 13.9. The molecule has 116 valence electrons. The van der Waals surface area contributed by atoms with Crippen molar-refractivity contribution >= 4 is 11.4 Å². The third kappa shape index (κ3) is 4.54. The fraction of sp³-hybridized carbons (Fsp3) is 0.350. The molecule has 0 radical (unpaired) electrons. The Morgan fingerprint density at radius 2 is 1.68 bits per heavy atom. The van der Waals surface area contributed by atoms with E-state index in [9.17, 15) is 0 Å². The van der Waals surface area contributed by atoms with Crippen LogP contribution in [0.3, 0.4) is 0 Å². The molecule has 0 unspecified atom stereocenters. The molecule has 2 aromatic carbocycles. The molecule has 0 fully saturated rings. The SMILES string of the molecule is CCC(CCc1ccc(CN)cc1)=Nc1ccc(C)cc1C. The normalized spacial score (nSPS) is 11.7. The zero-order valence-electron chi connectivity index (χ0n) is 13.9. The smallest absolute Gasteiger partial charge is 0.0658 e. The van der Waals surface area contributed by atoms with Gasteiger partial charge in [0, 0.05) is 12.3 Å². The first-order chi connectivity index (χ1) is 10.6. The molecule has 0 aliphatic heterocycles. The van der Waals surface area contributed by atoms with Crippen molar-refractivity contribution in [3.05, 3.63) is 64.7 Å². The number of hydrogen-bond acceptors (Lipinski definition) is 2. The maximum atomic E-state index is 5.64. The molecule has 0 saturated heterocycles. The van der Waals surface area contributed by atoms with E-state index in [0.29, 0.717) is 6.54 Å². The lowest BCUT2D eigenvalue weighted by atomic mass is 10.0. The van der Waals surface area contributed by atoms with Crippen LogP contribution in [0.1, 0.15) is 42.0 Å². The van der Waals surface area contributed by atoms with Gasteiger partial charge < -0.3 is 5.73 Å². The molecule has 2 nitrogen and oxygen atoms in total. The van der Waals surface area contributed by atoms with E-state index in [4.69, 9.17) is 10.7 Å². The minimum atomic E-state index is 0.606.